The molecule has 0 saturated heterocycles. The Kier molecular flexibility index (Phi) is 6.61. The zero-order chi connectivity index (χ0) is 25.4. The van der Waals surface area contributed by atoms with Crippen molar-refractivity contribution in [2.24, 2.45) is 0 Å². The number of pyridine rings is 2. The molecule has 1 fully saturated rings. The van der Waals surface area contributed by atoms with Crippen LogP contribution in [0, 0.1) is 0 Å². The SMILES string of the molecule is CN(c1cc(C(F)(F)F)nc2ccccc12)C1CCC(NC(=O)c2ccnc(C(F)(F)F)c2)CC1. The first-order valence-electron chi connectivity index (χ1n) is 11.0. The molecule has 35 heavy (non-hydrogen) atoms. The number of aromatic nitrogens is 2. The van der Waals surface area contributed by atoms with Crippen molar-refractivity contribution in [3.05, 3.63) is 65.6 Å². The van der Waals surface area contributed by atoms with Crippen LogP contribution in [0.2, 0.25) is 0 Å². The molecule has 4 rings (SSSR count). The van der Waals surface area contributed by atoms with E-state index in [0.29, 0.717) is 42.8 Å². The van der Waals surface area contributed by atoms with E-state index >= 15 is 0 Å². The van der Waals surface area contributed by atoms with Gasteiger partial charge in [-0.3, -0.25) is 9.78 Å². The van der Waals surface area contributed by atoms with E-state index in [1.165, 1.54) is 12.1 Å². The van der Waals surface area contributed by atoms with Gasteiger partial charge < -0.3 is 10.2 Å². The number of carbonyl (C=O) groups excluding carboxylic acids is 1. The van der Waals surface area contributed by atoms with E-state index in [9.17, 15) is 31.1 Å². The Labute approximate surface area is 197 Å². The summed E-state index contributed by atoms with van der Waals surface area (Å²) in [4.78, 5) is 21.3. The molecule has 186 valence electrons. The van der Waals surface area contributed by atoms with Crippen molar-refractivity contribution in [3.8, 4) is 0 Å². The number of benzene rings is 1. The molecule has 0 bridgehead atoms. The number of alkyl halides is 6. The maximum Gasteiger partial charge on any atom is 0.433 e. The second kappa shape index (κ2) is 9.35. The molecular weight excluding hydrogens is 474 g/mol. The van der Waals surface area contributed by atoms with E-state index < -0.39 is 29.6 Å². The third kappa shape index (κ3) is 5.49. The summed E-state index contributed by atoms with van der Waals surface area (Å²) in [7, 11) is 1.74. The number of halogens is 6. The maximum atomic E-state index is 13.4. The zero-order valence-corrected chi connectivity index (χ0v) is 18.6. The molecule has 0 radical (unpaired) electrons. The Morgan fingerprint density at radius 1 is 0.943 bits per heavy atom. The number of para-hydroxylation sites is 1. The number of fused-ring (bicyclic) bond motifs is 1. The molecule has 1 N–H and O–H groups in total. The van der Waals surface area contributed by atoms with Gasteiger partial charge in [-0.25, -0.2) is 4.98 Å². The molecule has 1 amide bonds. The molecule has 0 spiro atoms. The van der Waals surface area contributed by atoms with E-state index in [0.717, 1.165) is 12.3 Å². The molecule has 1 saturated carbocycles. The van der Waals surface area contributed by atoms with Crippen LogP contribution in [0.5, 0.6) is 0 Å². The lowest BCUT2D eigenvalue weighted by Crippen LogP contribution is -2.43. The minimum atomic E-state index is -4.65. The van der Waals surface area contributed by atoms with Crippen LogP contribution < -0.4 is 10.2 Å². The van der Waals surface area contributed by atoms with Gasteiger partial charge in [0.2, 0.25) is 0 Å². The molecule has 2 aromatic heterocycles. The fraction of sp³-hybridized carbons (Fsp3) is 0.375. The Bertz CT molecular complexity index is 1220. The predicted octanol–water partition coefficient (Wildman–Crippen LogP) is 5.84. The highest BCUT2D eigenvalue weighted by molar-refractivity contribution is 5.94. The lowest BCUT2D eigenvalue weighted by molar-refractivity contribution is -0.141. The van der Waals surface area contributed by atoms with Crippen molar-refractivity contribution in [2.75, 3.05) is 11.9 Å². The van der Waals surface area contributed by atoms with Crippen molar-refractivity contribution in [3.63, 3.8) is 0 Å². The summed E-state index contributed by atoms with van der Waals surface area (Å²) in [5.74, 6) is -0.621. The van der Waals surface area contributed by atoms with Gasteiger partial charge >= 0.3 is 12.4 Å². The van der Waals surface area contributed by atoms with Gasteiger partial charge in [-0.2, -0.15) is 26.3 Å². The first-order valence-corrected chi connectivity index (χ1v) is 11.0. The lowest BCUT2D eigenvalue weighted by atomic mass is 9.89. The molecule has 2 heterocycles. The minimum absolute atomic E-state index is 0.0761. The van der Waals surface area contributed by atoms with Crippen molar-refractivity contribution < 1.29 is 31.1 Å². The molecule has 3 aromatic rings. The standard InChI is InChI=1S/C24H22F6N4O/c1-34(19-13-21(24(28,29)30)33-18-5-3-2-4-17(18)19)16-8-6-15(7-9-16)32-22(35)14-10-11-31-20(12-14)23(25,26)27/h2-5,10-13,15-16H,6-9H2,1H3,(H,32,35). The molecule has 11 heteroatoms. The van der Waals surface area contributed by atoms with Crippen LogP contribution in [0.1, 0.15) is 47.4 Å². The van der Waals surface area contributed by atoms with E-state index in [-0.39, 0.29) is 23.2 Å². The van der Waals surface area contributed by atoms with Crippen LogP contribution in [0.15, 0.2) is 48.7 Å². The average Bonchev–Trinajstić information content (AvgIpc) is 2.82. The molecule has 1 aliphatic rings. The van der Waals surface area contributed by atoms with Gasteiger partial charge in [0.05, 0.1) is 5.52 Å². The van der Waals surface area contributed by atoms with Crippen LogP contribution >= 0.6 is 0 Å². The number of anilines is 1. The smallest absolute Gasteiger partial charge is 0.371 e. The van der Waals surface area contributed by atoms with Crippen molar-refractivity contribution in [1.82, 2.24) is 15.3 Å². The summed E-state index contributed by atoms with van der Waals surface area (Å²) in [6.45, 7) is 0. The van der Waals surface area contributed by atoms with Gasteiger partial charge in [-0.05, 0) is 49.9 Å². The van der Waals surface area contributed by atoms with Crippen LogP contribution in [-0.4, -0.2) is 35.0 Å². The van der Waals surface area contributed by atoms with E-state index in [1.807, 2.05) is 4.90 Å². The first kappa shape index (κ1) is 24.7. The number of hydrogen-bond acceptors (Lipinski definition) is 4. The number of rotatable bonds is 4. The second-order valence-corrected chi connectivity index (χ2v) is 8.56. The van der Waals surface area contributed by atoms with Gasteiger partial charge in [0.25, 0.3) is 5.91 Å². The van der Waals surface area contributed by atoms with Crippen LogP contribution in [-0.2, 0) is 12.4 Å². The number of nitrogens with one attached hydrogen (secondary N) is 1. The molecule has 5 nitrogen and oxygen atoms in total. The normalized spacial score (nSPS) is 18.9. The van der Waals surface area contributed by atoms with E-state index in [1.54, 1.807) is 25.2 Å². The highest BCUT2D eigenvalue weighted by Crippen LogP contribution is 2.36. The lowest BCUT2D eigenvalue weighted by Gasteiger charge is -2.37. The zero-order valence-electron chi connectivity index (χ0n) is 18.6. The summed E-state index contributed by atoms with van der Waals surface area (Å²) >= 11 is 0. The number of amides is 1. The Hall–Kier alpha value is -3.37. The summed E-state index contributed by atoms with van der Waals surface area (Å²) in [6.07, 6.45) is -6.05. The van der Waals surface area contributed by atoms with Gasteiger partial charge in [-0.1, -0.05) is 18.2 Å². The molecule has 1 aromatic carbocycles. The predicted molar refractivity (Wildman–Crippen MR) is 118 cm³/mol. The molecule has 1 aliphatic carbocycles. The monoisotopic (exact) mass is 496 g/mol. The molecule has 0 aliphatic heterocycles. The average molecular weight is 496 g/mol. The number of hydrogen-bond donors (Lipinski definition) is 1. The van der Waals surface area contributed by atoms with Crippen LogP contribution in [0.25, 0.3) is 10.9 Å². The highest BCUT2D eigenvalue weighted by atomic mass is 19.4. The second-order valence-electron chi connectivity index (χ2n) is 8.56. The fourth-order valence-electron chi connectivity index (χ4n) is 4.39. The third-order valence-corrected chi connectivity index (χ3v) is 6.26. The van der Waals surface area contributed by atoms with Gasteiger partial charge in [0.1, 0.15) is 11.4 Å². The molecule has 0 unspecified atom stereocenters. The summed E-state index contributed by atoms with van der Waals surface area (Å²) in [5, 5.41) is 3.37. The van der Waals surface area contributed by atoms with Gasteiger partial charge in [-0.15, -0.1) is 0 Å². The third-order valence-electron chi connectivity index (χ3n) is 6.26. The van der Waals surface area contributed by atoms with Crippen molar-refractivity contribution in [1.29, 1.82) is 0 Å². The Morgan fingerprint density at radius 2 is 1.60 bits per heavy atom. The summed E-state index contributed by atoms with van der Waals surface area (Å²) in [5.41, 5.74) is -1.56. The first-order chi connectivity index (χ1) is 16.4. The summed E-state index contributed by atoms with van der Waals surface area (Å²) in [6, 6.07) is 9.29. The topological polar surface area (TPSA) is 58.1 Å². The molecular formula is C24H22F6N4O. The van der Waals surface area contributed by atoms with E-state index in [4.69, 9.17) is 0 Å². The quantitative estimate of drug-likeness (QED) is 0.461. The minimum Gasteiger partial charge on any atom is -0.371 e. The fourth-order valence-corrected chi connectivity index (χ4v) is 4.39. The van der Waals surface area contributed by atoms with Crippen LogP contribution in [0.3, 0.4) is 0 Å². The summed E-state index contributed by atoms with van der Waals surface area (Å²) < 4.78 is 78.9. The maximum absolute atomic E-state index is 13.4. The van der Waals surface area contributed by atoms with Gasteiger partial charge in [0.15, 0.2) is 0 Å². The van der Waals surface area contributed by atoms with Crippen LogP contribution in [0.4, 0.5) is 32.0 Å². The number of nitrogens with zero attached hydrogens (tertiary/aromatic N) is 3. The largest absolute Gasteiger partial charge is 0.433 e. The Balaban J connectivity index is 1.45. The highest BCUT2D eigenvalue weighted by Gasteiger charge is 2.35. The van der Waals surface area contributed by atoms with Crippen molar-refractivity contribution >= 4 is 22.5 Å². The molecule has 0 atom stereocenters. The van der Waals surface area contributed by atoms with Crippen molar-refractivity contribution in [2.45, 2.75) is 50.1 Å². The van der Waals surface area contributed by atoms with Gasteiger partial charge in [0, 0.05) is 42.0 Å². The number of carbonyl (C=O) groups is 1. The Morgan fingerprint density at radius 3 is 2.26 bits per heavy atom. The van der Waals surface area contributed by atoms with E-state index in [2.05, 4.69) is 15.3 Å².